The minimum Gasteiger partial charge on any atom is -0.383 e. The molecule has 0 radical (unpaired) electrons. The van der Waals surface area contributed by atoms with E-state index in [1.165, 1.54) is 0 Å². The lowest BCUT2D eigenvalue weighted by atomic mass is 10.0. The molecule has 1 amide bonds. The summed E-state index contributed by atoms with van der Waals surface area (Å²) >= 11 is 0. The first-order valence-corrected chi connectivity index (χ1v) is 6.91. The lowest BCUT2D eigenvalue weighted by molar-refractivity contribution is -0.135. The van der Waals surface area contributed by atoms with Crippen LogP contribution in [0.4, 0.5) is 0 Å². The quantitative estimate of drug-likeness (QED) is 0.743. The van der Waals surface area contributed by atoms with Crippen molar-refractivity contribution in [3.8, 4) is 0 Å². The molecule has 5 heteroatoms. The molecule has 5 nitrogen and oxygen atoms in total. The van der Waals surface area contributed by atoms with Crippen molar-refractivity contribution in [1.82, 2.24) is 9.80 Å². The highest BCUT2D eigenvalue weighted by molar-refractivity contribution is 5.81. The van der Waals surface area contributed by atoms with Crippen LogP contribution in [0, 0.1) is 0 Å². The Hall–Kier alpha value is -0.650. The molecule has 18 heavy (non-hydrogen) atoms. The molecular weight excluding hydrogens is 230 g/mol. The lowest BCUT2D eigenvalue weighted by Gasteiger charge is -2.38. The normalized spacial score (nSPS) is 19.3. The van der Waals surface area contributed by atoms with E-state index < -0.39 is 6.04 Å². The SMILES string of the molecule is CCN(CC)C1CCN(C(=O)C(N)COC)CC1. The minimum atomic E-state index is -0.514. The molecule has 0 saturated carbocycles. The van der Waals surface area contributed by atoms with Gasteiger partial charge >= 0.3 is 0 Å². The summed E-state index contributed by atoms with van der Waals surface area (Å²) in [5, 5.41) is 0. The van der Waals surface area contributed by atoms with Crippen molar-refractivity contribution in [2.24, 2.45) is 5.73 Å². The van der Waals surface area contributed by atoms with Crippen LogP contribution in [-0.2, 0) is 9.53 Å². The van der Waals surface area contributed by atoms with Crippen molar-refractivity contribution in [2.75, 3.05) is 39.9 Å². The molecular formula is C13H27N3O2. The molecule has 1 fully saturated rings. The molecule has 1 rings (SSSR count). The maximum Gasteiger partial charge on any atom is 0.241 e. The van der Waals surface area contributed by atoms with Crippen molar-refractivity contribution >= 4 is 5.91 Å². The van der Waals surface area contributed by atoms with Gasteiger partial charge in [0.1, 0.15) is 6.04 Å². The third-order valence-corrected chi connectivity index (χ3v) is 3.77. The number of hydrogen-bond acceptors (Lipinski definition) is 4. The summed E-state index contributed by atoms with van der Waals surface area (Å²) in [5.74, 6) is 0.0230. The molecule has 1 saturated heterocycles. The number of nitrogens with two attached hydrogens (primary N) is 1. The van der Waals surface area contributed by atoms with Gasteiger partial charge in [0, 0.05) is 26.2 Å². The highest BCUT2D eigenvalue weighted by Crippen LogP contribution is 2.16. The van der Waals surface area contributed by atoms with Crippen LogP contribution in [-0.4, -0.2) is 67.7 Å². The number of carbonyl (C=O) groups excluding carboxylic acids is 1. The number of nitrogens with zero attached hydrogens (tertiary/aromatic N) is 2. The molecule has 0 bridgehead atoms. The number of rotatable bonds is 6. The second-order valence-corrected chi connectivity index (χ2v) is 4.84. The second-order valence-electron chi connectivity index (χ2n) is 4.84. The zero-order valence-electron chi connectivity index (χ0n) is 11.9. The summed E-state index contributed by atoms with van der Waals surface area (Å²) in [6.07, 6.45) is 2.10. The van der Waals surface area contributed by atoms with Gasteiger partial charge in [0.25, 0.3) is 0 Å². The van der Waals surface area contributed by atoms with E-state index in [1.54, 1.807) is 7.11 Å². The Morgan fingerprint density at radius 2 is 1.94 bits per heavy atom. The molecule has 1 unspecified atom stereocenters. The second kappa shape index (κ2) is 7.71. The van der Waals surface area contributed by atoms with Crippen molar-refractivity contribution in [3.63, 3.8) is 0 Å². The lowest BCUT2D eigenvalue weighted by Crippen LogP contribution is -2.52. The molecule has 0 spiro atoms. The summed E-state index contributed by atoms with van der Waals surface area (Å²) in [4.78, 5) is 16.4. The van der Waals surface area contributed by atoms with Crippen molar-refractivity contribution < 1.29 is 9.53 Å². The number of carbonyl (C=O) groups is 1. The van der Waals surface area contributed by atoms with Gasteiger partial charge < -0.3 is 20.3 Å². The molecule has 1 atom stereocenters. The van der Waals surface area contributed by atoms with Crippen LogP contribution >= 0.6 is 0 Å². The molecule has 0 aromatic carbocycles. The molecule has 0 aliphatic carbocycles. The predicted molar refractivity (Wildman–Crippen MR) is 72.4 cm³/mol. The van der Waals surface area contributed by atoms with Gasteiger partial charge in [-0.05, 0) is 25.9 Å². The van der Waals surface area contributed by atoms with Crippen LogP contribution in [0.15, 0.2) is 0 Å². The summed E-state index contributed by atoms with van der Waals surface area (Å²) in [6.45, 7) is 8.48. The highest BCUT2D eigenvalue weighted by atomic mass is 16.5. The van der Waals surface area contributed by atoms with Gasteiger partial charge in [-0.2, -0.15) is 0 Å². The summed E-state index contributed by atoms with van der Waals surface area (Å²) in [5.41, 5.74) is 5.78. The smallest absolute Gasteiger partial charge is 0.241 e. The summed E-state index contributed by atoms with van der Waals surface area (Å²) in [6, 6.07) is 0.0997. The number of methoxy groups -OCH3 is 1. The molecule has 0 aromatic rings. The summed E-state index contributed by atoms with van der Waals surface area (Å²) in [7, 11) is 1.57. The third kappa shape index (κ3) is 3.93. The van der Waals surface area contributed by atoms with Gasteiger partial charge in [0.05, 0.1) is 6.61 Å². The maximum absolute atomic E-state index is 12.0. The van der Waals surface area contributed by atoms with Crippen LogP contribution in [0.5, 0.6) is 0 Å². The number of amides is 1. The summed E-state index contributed by atoms with van der Waals surface area (Å²) < 4.78 is 4.93. The topological polar surface area (TPSA) is 58.8 Å². The van der Waals surface area contributed by atoms with Gasteiger partial charge in [-0.15, -0.1) is 0 Å². The van der Waals surface area contributed by atoms with E-state index in [4.69, 9.17) is 10.5 Å². The Morgan fingerprint density at radius 1 is 1.39 bits per heavy atom. The highest BCUT2D eigenvalue weighted by Gasteiger charge is 2.27. The van der Waals surface area contributed by atoms with E-state index in [2.05, 4.69) is 18.7 Å². The van der Waals surface area contributed by atoms with Gasteiger partial charge in [-0.1, -0.05) is 13.8 Å². The average Bonchev–Trinajstić information content (AvgIpc) is 2.40. The Balaban J connectivity index is 2.41. The zero-order chi connectivity index (χ0) is 13.5. The van der Waals surface area contributed by atoms with Crippen LogP contribution in [0.2, 0.25) is 0 Å². The predicted octanol–water partition coefficient (Wildman–Crippen LogP) is 0.293. The monoisotopic (exact) mass is 257 g/mol. The van der Waals surface area contributed by atoms with E-state index >= 15 is 0 Å². The van der Waals surface area contributed by atoms with Crippen LogP contribution in [0.25, 0.3) is 0 Å². The Labute approximate surface area is 110 Å². The Morgan fingerprint density at radius 3 is 2.39 bits per heavy atom. The largest absolute Gasteiger partial charge is 0.383 e. The maximum atomic E-state index is 12.0. The first-order valence-electron chi connectivity index (χ1n) is 6.91. The number of piperidine rings is 1. The van der Waals surface area contributed by atoms with E-state index in [1.807, 2.05) is 4.90 Å². The molecule has 0 aromatic heterocycles. The zero-order valence-corrected chi connectivity index (χ0v) is 11.9. The first-order chi connectivity index (χ1) is 8.63. The number of hydrogen-bond donors (Lipinski definition) is 1. The Kier molecular flexibility index (Phi) is 6.60. The van der Waals surface area contributed by atoms with Crippen molar-refractivity contribution in [2.45, 2.75) is 38.8 Å². The third-order valence-electron chi connectivity index (χ3n) is 3.77. The number of ether oxygens (including phenoxy) is 1. The van der Waals surface area contributed by atoms with Crippen molar-refractivity contribution in [3.05, 3.63) is 0 Å². The van der Waals surface area contributed by atoms with E-state index in [0.29, 0.717) is 12.6 Å². The van der Waals surface area contributed by atoms with Crippen LogP contribution in [0.1, 0.15) is 26.7 Å². The van der Waals surface area contributed by atoms with Gasteiger partial charge in [-0.25, -0.2) is 0 Å². The average molecular weight is 257 g/mol. The van der Waals surface area contributed by atoms with E-state index in [9.17, 15) is 4.79 Å². The molecule has 1 aliphatic heterocycles. The van der Waals surface area contributed by atoms with Gasteiger partial charge in [0.15, 0.2) is 0 Å². The van der Waals surface area contributed by atoms with Crippen LogP contribution in [0.3, 0.4) is 0 Å². The molecule has 2 N–H and O–H groups in total. The fraction of sp³-hybridized carbons (Fsp3) is 0.923. The van der Waals surface area contributed by atoms with E-state index in [-0.39, 0.29) is 5.91 Å². The van der Waals surface area contributed by atoms with Gasteiger partial charge in [-0.3, -0.25) is 4.79 Å². The van der Waals surface area contributed by atoms with Crippen molar-refractivity contribution in [1.29, 1.82) is 0 Å². The first kappa shape index (κ1) is 15.4. The number of likely N-dealkylation sites (tertiary alicyclic amines) is 1. The fourth-order valence-electron chi connectivity index (χ4n) is 2.68. The molecule has 1 heterocycles. The minimum absolute atomic E-state index is 0.0230. The Bertz CT molecular complexity index is 249. The van der Waals surface area contributed by atoms with E-state index in [0.717, 1.165) is 39.0 Å². The molecule has 106 valence electrons. The van der Waals surface area contributed by atoms with Crippen LogP contribution < -0.4 is 5.73 Å². The van der Waals surface area contributed by atoms with Gasteiger partial charge in [0.2, 0.25) is 5.91 Å². The fourth-order valence-corrected chi connectivity index (χ4v) is 2.68. The standard InChI is InChI=1S/C13H27N3O2/c1-4-15(5-2)11-6-8-16(9-7-11)13(17)12(14)10-18-3/h11-12H,4-10,14H2,1-3H3. The molecule has 1 aliphatic rings.